The van der Waals surface area contributed by atoms with Crippen molar-refractivity contribution < 1.29 is 51.0 Å². The van der Waals surface area contributed by atoms with Crippen LogP contribution in [0.1, 0.15) is 47.0 Å². The van der Waals surface area contributed by atoms with E-state index in [1.165, 1.54) is 18.4 Å². The molecule has 0 heterocycles. The van der Waals surface area contributed by atoms with Gasteiger partial charge in [0.2, 0.25) is 0 Å². The van der Waals surface area contributed by atoms with Gasteiger partial charge in [-0.15, -0.1) is 6.42 Å². The third-order valence-corrected chi connectivity index (χ3v) is 3.60. The molecule has 0 atom stereocenters. The first-order chi connectivity index (χ1) is 6.17. The van der Waals surface area contributed by atoms with Crippen molar-refractivity contribution in [2.45, 2.75) is 47.0 Å². The molecular weight excluding hydrogens is 318 g/mol. The van der Waals surface area contributed by atoms with Gasteiger partial charge >= 0.3 is 26.2 Å². The monoisotopic (exact) mass is 337 g/mol. The van der Waals surface area contributed by atoms with Crippen molar-refractivity contribution in [3.63, 3.8) is 0 Å². The molecule has 0 saturated carbocycles. The predicted octanol–water partition coefficient (Wildman–Crippen LogP) is -1.86. The normalized spacial score (nSPS) is 13.7. The maximum atomic E-state index is 3.49. The Balaban J connectivity index is -0.000000563. The molecular formula is C13H21Cl2Zr. The molecule has 0 aliphatic heterocycles. The summed E-state index contributed by atoms with van der Waals surface area (Å²) in [6.45, 7) is 9.25. The van der Waals surface area contributed by atoms with Gasteiger partial charge in [-0.3, -0.25) is 6.08 Å². The van der Waals surface area contributed by atoms with E-state index in [-0.39, 0.29) is 51.0 Å². The Labute approximate surface area is 132 Å². The van der Waals surface area contributed by atoms with E-state index in [0.717, 1.165) is 6.42 Å². The van der Waals surface area contributed by atoms with Crippen molar-refractivity contribution in [3.8, 4) is 0 Å². The molecule has 0 nitrogen and oxygen atoms in total. The Kier molecular flexibility index (Phi) is 13.7. The second kappa shape index (κ2) is 9.92. The van der Waals surface area contributed by atoms with Crippen LogP contribution in [0.2, 0.25) is 0 Å². The third-order valence-electron chi connectivity index (χ3n) is 3.60. The number of rotatable bonds is 4. The molecule has 0 spiro atoms. The molecule has 91 valence electrons. The molecule has 3 heteroatoms. The summed E-state index contributed by atoms with van der Waals surface area (Å²) in [7, 11) is 0. The Morgan fingerprint density at radius 2 is 1.75 bits per heavy atom. The van der Waals surface area contributed by atoms with Crippen molar-refractivity contribution in [2.24, 2.45) is 11.3 Å². The fourth-order valence-electron chi connectivity index (χ4n) is 2.50. The topological polar surface area (TPSA) is 0 Å². The van der Waals surface area contributed by atoms with Gasteiger partial charge in [0.15, 0.2) is 0 Å². The Hall–Kier alpha value is 0.943. The van der Waals surface area contributed by atoms with E-state index in [1.807, 2.05) is 0 Å². The second-order valence-electron chi connectivity index (χ2n) is 4.21. The van der Waals surface area contributed by atoms with Crippen molar-refractivity contribution in [3.05, 3.63) is 23.8 Å². The van der Waals surface area contributed by atoms with Gasteiger partial charge in [0, 0.05) is 0 Å². The Morgan fingerprint density at radius 3 is 2.00 bits per heavy atom. The molecule has 0 saturated heterocycles. The van der Waals surface area contributed by atoms with E-state index in [1.54, 1.807) is 0 Å². The molecule has 16 heavy (non-hydrogen) atoms. The van der Waals surface area contributed by atoms with E-state index in [2.05, 4.69) is 45.9 Å². The van der Waals surface area contributed by atoms with Gasteiger partial charge in [-0.1, -0.05) is 27.7 Å². The molecule has 0 fully saturated rings. The Bertz CT molecular complexity index is 228. The summed E-state index contributed by atoms with van der Waals surface area (Å²) in [6.07, 6.45) is 11.5. The van der Waals surface area contributed by atoms with Crippen LogP contribution in [0, 0.1) is 17.4 Å². The van der Waals surface area contributed by atoms with Gasteiger partial charge in [0.1, 0.15) is 0 Å². The summed E-state index contributed by atoms with van der Waals surface area (Å²) in [5.41, 5.74) is 1.83. The number of hydrogen-bond acceptors (Lipinski definition) is 0. The van der Waals surface area contributed by atoms with Crippen LogP contribution in [-0.2, 0) is 26.2 Å². The van der Waals surface area contributed by atoms with Gasteiger partial charge in [-0.25, -0.2) is 11.6 Å². The maximum Gasteiger partial charge on any atom is 3.00 e. The summed E-state index contributed by atoms with van der Waals surface area (Å²) < 4.78 is 0. The van der Waals surface area contributed by atoms with Gasteiger partial charge in [0.25, 0.3) is 0 Å². The van der Waals surface area contributed by atoms with Crippen molar-refractivity contribution in [2.75, 3.05) is 0 Å². The van der Waals surface area contributed by atoms with Gasteiger partial charge in [-0.2, -0.15) is 6.08 Å². The smallest absolute Gasteiger partial charge is 1.00 e. The second-order valence-corrected chi connectivity index (χ2v) is 4.21. The zero-order valence-electron chi connectivity index (χ0n) is 10.6. The number of hydrogen-bond donors (Lipinski definition) is 0. The van der Waals surface area contributed by atoms with Crippen molar-refractivity contribution in [1.82, 2.24) is 0 Å². The van der Waals surface area contributed by atoms with Crippen LogP contribution >= 0.6 is 0 Å². The Morgan fingerprint density at radius 1 is 1.25 bits per heavy atom. The molecule has 0 unspecified atom stereocenters. The van der Waals surface area contributed by atoms with Crippen molar-refractivity contribution >= 4 is 0 Å². The molecule has 0 amide bonds. The third kappa shape index (κ3) is 4.32. The molecule has 1 rings (SSSR count). The summed E-state index contributed by atoms with van der Waals surface area (Å²) in [5, 5.41) is 0. The van der Waals surface area contributed by atoms with Crippen molar-refractivity contribution in [1.29, 1.82) is 0 Å². The van der Waals surface area contributed by atoms with E-state index in [9.17, 15) is 0 Å². The van der Waals surface area contributed by atoms with E-state index < -0.39 is 0 Å². The quantitative estimate of drug-likeness (QED) is 0.528. The van der Waals surface area contributed by atoms with Crippen LogP contribution in [0.5, 0.6) is 0 Å². The van der Waals surface area contributed by atoms with Gasteiger partial charge < -0.3 is 24.8 Å². The fourth-order valence-corrected chi connectivity index (χ4v) is 2.50. The molecule has 0 bridgehead atoms. The molecule has 1 aliphatic rings. The molecule has 0 N–H and O–H groups in total. The zero-order valence-corrected chi connectivity index (χ0v) is 14.6. The minimum atomic E-state index is 0. The van der Waals surface area contributed by atoms with Crippen LogP contribution < -0.4 is 24.8 Å². The van der Waals surface area contributed by atoms with E-state index in [4.69, 9.17) is 0 Å². The summed E-state index contributed by atoms with van der Waals surface area (Å²) >= 11 is 0. The van der Waals surface area contributed by atoms with E-state index >= 15 is 0 Å². The van der Waals surface area contributed by atoms with Crippen LogP contribution in [0.4, 0.5) is 0 Å². The standard InChI is InChI=1S/C13H21.2ClH.Zr/c1-5-13(6-2,11(3)4)12-9-7-8-10-12;;;/h7,9,11H,5-6,8H2,1-4H3;2*1H;/q-1;;;+3/p-2. The predicted molar refractivity (Wildman–Crippen MR) is 58.4 cm³/mol. The van der Waals surface area contributed by atoms with Crippen LogP contribution in [0.15, 0.2) is 17.7 Å². The molecule has 0 aromatic carbocycles. The average molecular weight is 339 g/mol. The van der Waals surface area contributed by atoms with Gasteiger partial charge in [-0.05, 0) is 24.2 Å². The van der Waals surface area contributed by atoms with Crippen LogP contribution in [0.3, 0.4) is 0 Å². The zero-order chi connectivity index (χ0) is 9.90. The minimum Gasteiger partial charge on any atom is -1.00 e. The fraction of sp³-hybridized carbons (Fsp3) is 0.692. The SMILES string of the molecule is CCC(CC)(C1=[C-]CC=C1)C(C)C.[Cl-].[Cl-].[Zr+3]. The summed E-state index contributed by atoms with van der Waals surface area (Å²) in [5.74, 6) is 0.716. The minimum absolute atomic E-state index is 0. The molecule has 0 aromatic heterocycles. The average Bonchev–Trinajstić information content (AvgIpc) is 2.60. The maximum absolute atomic E-state index is 3.49. The van der Waals surface area contributed by atoms with Gasteiger partial charge in [0.05, 0.1) is 0 Å². The first-order valence-electron chi connectivity index (χ1n) is 5.45. The first-order valence-corrected chi connectivity index (χ1v) is 5.45. The van der Waals surface area contributed by atoms with E-state index in [0.29, 0.717) is 11.3 Å². The number of allylic oxidation sites excluding steroid dienone is 4. The summed E-state index contributed by atoms with van der Waals surface area (Å²) in [4.78, 5) is 0. The largest absolute Gasteiger partial charge is 3.00 e. The first kappa shape index (κ1) is 22.2. The molecule has 0 aromatic rings. The molecule has 1 radical (unpaired) electrons. The van der Waals surface area contributed by atoms with Crippen LogP contribution in [-0.4, -0.2) is 0 Å². The number of halogens is 2. The summed E-state index contributed by atoms with van der Waals surface area (Å²) in [6, 6.07) is 0. The van der Waals surface area contributed by atoms with Crippen LogP contribution in [0.25, 0.3) is 0 Å². The molecule has 1 aliphatic carbocycles.